The number of piperidine rings is 1. The maximum Gasteiger partial charge on any atom is 0.243 e. The zero-order valence-corrected chi connectivity index (χ0v) is 13.6. The van der Waals surface area contributed by atoms with Crippen molar-refractivity contribution in [3.8, 4) is 0 Å². The van der Waals surface area contributed by atoms with Gasteiger partial charge in [-0.25, -0.2) is 0 Å². The summed E-state index contributed by atoms with van der Waals surface area (Å²) in [6.45, 7) is 4.12. The van der Waals surface area contributed by atoms with Crippen LogP contribution < -0.4 is 5.32 Å². The SMILES string of the molecule is O=C(CN1CCCCC1=O)Nc1cccc(CN2CCCC2)c1. The average molecular weight is 315 g/mol. The van der Waals surface area contributed by atoms with Gasteiger partial charge in [0.25, 0.3) is 0 Å². The lowest BCUT2D eigenvalue weighted by atomic mass is 10.1. The number of anilines is 1. The lowest BCUT2D eigenvalue weighted by molar-refractivity contribution is -0.136. The van der Waals surface area contributed by atoms with Crippen molar-refractivity contribution in [3.63, 3.8) is 0 Å². The molecule has 2 aliphatic rings. The van der Waals surface area contributed by atoms with Crippen molar-refractivity contribution in [2.24, 2.45) is 0 Å². The Bertz CT molecular complexity index is 567. The Morgan fingerprint density at radius 1 is 1.09 bits per heavy atom. The van der Waals surface area contributed by atoms with Gasteiger partial charge in [0, 0.05) is 25.2 Å². The number of nitrogens with one attached hydrogen (secondary N) is 1. The molecule has 2 amide bonds. The van der Waals surface area contributed by atoms with Gasteiger partial charge in [-0.1, -0.05) is 12.1 Å². The minimum atomic E-state index is -0.112. The van der Waals surface area contributed by atoms with E-state index in [0.717, 1.165) is 38.2 Å². The second kappa shape index (κ2) is 7.59. The first-order chi connectivity index (χ1) is 11.2. The molecular formula is C18H25N3O2. The normalized spacial score (nSPS) is 19.1. The third kappa shape index (κ3) is 4.55. The molecule has 5 heteroatoms. The molecule has 0 saturated carbocycles. The van der Waals surface area contributed by atoms with Gasteiger partial charge in [0.15, 0.2) is 0 Å². The Hall–Kier alpha value is -1.88. The third-order valence-electron chi connectivity index (χ3n) is 4.57. The van der Waals surface area contributed by atoms with E-state index >= 15 is 0 Å². The maximum atomic E-state index is 12.2. The van der Waals surface area contributed by atoms with Crippen molar-refractivity contribution in [1.82, 2.24) is 9.80 Å². The van der Waals surface area contributed by atoms with Gasteiger partial charge in [0.1, 0.15) is 0 Å². The number of benzene rings is 1. The average Bonchev–Trinajstić information content (AvgIpc) is 3.03. The molecule has 3 rings (SSSR count). The van der Waals surface area contributed by atoms with Gasteiger partial charge in [-0.3, -0.25) is 14.5 Å². The molecule has 124 valence electrons. The lowest BCUT2D eigenvalue weighted by Crippen LogP contribution is -2.40. The van der Waals surface area contributed by atoms with Crippen LogP contribution in [0.25, 0.3) is 0 Å². The van der Waals surface area contributed by atoms with Crippen LogP contribution in [0.3, 0.4) is 0 Å². The fourth-order valence-electron chi connectivity index (χ4n) is 3.35. The van der Waals surface area contributed by atoms with Gasteiger partial charge in [0.2, 0.25) is 11.8 Å². The van der Waals surface area contributed by atoms with Crippen LogP contribution in [0, 0.1) is 0 Å². The van der Waals surface area contributed by atoms with Gasteiger partial charge in [-0.15, -0.1) is 0 Å². The number of nitrogens with zero attached hydrogens (tertiary/aromatic N) is 2. The van der Waals surface area contributed by atoms with E-state index in [1.54, 1.807) is 4.90 Å². The van der Waals surface area contributed by atoms with Crippen LogP contribution in [-0.2, 0) is 16.1 Å². The number of amides is 2. The Balaban J connectivity index is 1.54. The molecule has 0 radical (unpaired) electrons. The van der Waals surface area contributed by atoms with Crippen molar-refractivity contribution in [2.75, 3.05) is 31.5 Å². The minimum Gasteiger partial charge on any atom is -0.333 e. The minimum absolute atomic E-state index is 0.0918. The van der Waals surface area contributed by atoms with Gasteiger partial charge >= 0.3 is 0 Å². The second-order valence-corrected chi connectivity index (χ2v) is 6.50. The van der Waals surface area contributed by atoms with Crippen LogP contribution in [-0.4, -0.2) is 47.8 Å². The molecule has 0 aromatic heterocycles. The first-order valence-electron chi connectivity index (χ1n) is 8.60. The van der Waals surface area contributed by atoms with E-state index in [2.05, 4.69) is 16.3 Å². The molecule has 0 bridgehead atoms. The molecule has 23 heavy (non-hydrogen) atoms. The molecular weight excluding hydrogens is 290 g/mol. The molecule has 0 atom stereocenters. The quantitative estimate of drug-likeness (QED) is 0.906. The first kappa shape index (κ1) is 16.0. The Morgan fingerprint density at radius 3 is 2.65 bits per heavy atom. The van der Waals surface area contributed by atoms with Crippen LogP contribution in [0.4, 0.5) is 5.69 Å². The van der Waals surface area contributed by atoms with Crippen molar-refractivity contribution < 1.29 is 9.59 Å². The van der Waals surface area contributed by atoms with Crippen LogP contribution in [0.1, 0.15) is 37.7 Å². The molecule has 2 aliphatic heterocycles. The highest BCUT2D eigenvalue weighted by Crippen LogP contribution is 2.16. The highest BCUT2D eigenvalue weighted by Gasteiger charge is 2.20. The van der Waals surface area contributed by atoms with E-state index in [0.29, 0.717) is 13.0 Å². The second-order valence-electron chi connectivity index (χ2n) is 6.50. The summed E-state index contributed by atoms with van der Waals surface area (Å²) in [5.74, 6) is -0.0206. The molecule has 5 nitrogen and oxygen atoms in total. The summed E-state index contributed by atoms with van der Waals surface area (Å²) in [4.78, 5) is 28.0. The molecule has 0 unspecified atom stereocenters. The van der Waals surface area contributed by atoms with Gasteiger partial charge < -0.3 is 10.2 Å². The highest BCUT2D eigenvalue weighted by molar-refractivity contribution is 5.94. The number of carbonyl (C=O) groups excluding carboxylic acids is 2. The molecule has 2 fully saturated rings. The molecule has 1 N–H and O–H groups in total. The highest BCUT2D eigenvalue weighted by atomic mass is 16.2. The zero-order chi connectivity index (χ0) is 16.1. The molecule has 0 spiro atoms. The van der Waals surface area contributed by atoms with Crippen molar-refractivity contribution in [2.45, 2.75) is 38.6 Å². The maximum absolute atomic E-state index is 12.2. The molecule has 1 aromatic carbocycles. The Labute approximate surface area is 137 Å². The summed E-state index contributed by atoms with van der Waals surface area (Å²) in [6, 6.07) is 8.02. The standard InChI is InChI=1S/C18H25N3O2/c22-17(14-21-11-2-1-8-18(21)23)19-16-7-5-6-15(12-16)13-20-9-3-4-10-20/h5-7,12H,1-4,8-11,13-14H2,(H,19,22). The zero-order valence-electron chi connectivity index (χ0n) is 13.6. The van der Waals surface area contributed by atoms with Crippen LogP contribution in [0.5, 0.6) is 0 Å². The summed E-state index contributed by atoms with van der Waals surface area (Å²) in [7, 11) is 0. The first-order valence-corrected chi connectivity index (χ1v) is 8.60. The summed E-state index contributed by atoms with van der Waals surface area (Å²) in [5.41, 5.74) is 2.04. The van der Waals surface area contributed by atoms with E-state index in [1.807, 2.05) is 18.2 Å². The molecule has 2 saturated heterocycles. The van der Waals surface area contributed by atoms with E-state index in [1.165, 1.54) is 18.4 Å². The van der Waals surface area contributed by atoms with Gasteiger partial charge in [-0.2, -0.15) is 0 Å². The van der Waals surface area contributed by atoms with Gasteiger partial charge in [0.05, 0.1) is 6.54 Å². The monoisotopic (exact) mass is 315 g/mol. The number of hydrogen-bond donors (Lipinski definition) is 1. The van der Waals surface area contributed by atoms with E-state index in [-0.39, 0.29) is 18.4 Å². The summed E-state index contributed by atoms with van der Waals surface area (Å²) in [5, 5.41) is 2.92. The van der Waals surface area contributed by atoms with Crippen molar-refractivity contribution in [1.29, 1.82) is 0 Å². The van der Waals surface area contributed by atoms with E-state index < -0.39 is 0 Å². The Morgan fingerprint density at radius 2 is 1.87 bits per heavy atom. The Kier molecular flexibility index (Phi) is 5.28. The number of carbonyl (C=O) groups is 2. The summed E-state index contributed by atoms with van der Waals surface area (Å²) >= 11 is 0. The summed E-state index contributed by atoms with van der Waals surface area (Å²) in [6.07, 6.45) is 5.05. The van der Waals surface area contributed by atoms with Gasteiger partial charge in [-0.05, 0) is 56.5 Å². The smallest absolute Gasteiger partial charge is 0.243 e. The van der Waals surface area contributed by atoms with Crippen LogP contribution in [0.15, 0.2) is 24.3 Å². The van der Waals surface area contributed by atoms with E-state index in [9.17, 15) is 9.59 Å². The van der Waals surface area contributed by atoms with Crippen LogP contribution in [0.2, 0.25) is 0 Å². The lowest BCUT2D eigenvalue weighted by Gasteiger charge is -2.26. The van der Waals surface area contributed by atoms with E-state index in [4.69, 9.17) is 0 Å². The van der Waals surface area contributed by atoms with Crippen molar-refractivity contribution in [3.05, 3.63) is 29.8 Å². The summed E-state index contributed by atoms with van der Waals surface area (Å²) < 4.78 is 0. The molecule has 2 heterocycles. The topological polar surface area (TPSA) is 52.7 Å². The van der Waals surface area contributed by atoms with Crippen molar-refractivity contribution >= 4 is 17.5 Å². The number of hydrogen-bond acceptors (Lipinski definition) is 3. The number of rotatable bonds is 5. The fraction of sp³-hybridized carbons (Fsp3) is 0.556. The predicted octanol–water partition coefficient (Wildman–Crippen LogP) is 2.23. The fourth-order valence-corrected chi connectivity index (χ4v) is 3.35. The molecule has 0 aliphatic carbocycles. The number of likely N-dealkylation sites (tertiary alicyclic amines) is 2. The largest absolute Gasteiger partial charge is 0.333 e. The third-order valence-corrected chi connectivity index (χ3v) is 4.57. The van der Waals surface area contributed by atoms with Crippen LogP contribution >= 0.6 is 0 Å². The predicted molar refractivity (Wildman–Crippen MR) is 90.0 cm³/mol. The molecule has 1 aromatic rings.